The fraction of sp³-hybridized carbons (Fsp3) is 0.130. The standard InChI is InChI=1S/C23H20N2O3S/c1-27-19-8-9-20-17(14-28-21(20)13-19)12-22(26)25-18-6-4-5-16(11-18)15-29-23-7-2-3-10-24-23/h2-11,13-14H,12,15H2,1H3,(H,25,26). The van der Waals surface area contributed by atoms with Crippen LogP contribution >= 0.6 is 11.8 Å². The first kappa shape index (κ1) is 19.1. The molecule has 0 unspecified atom stereocenters. The molecule has 0 saturated heterocycles. The maximum atomic E-state index is 12.5. The van der Waals surface area contributed by atoms with Gasteiger partial charge in [-0.15, -0.1) is 11.8 Å². The second-order valence-corrected chi connectivity index (χ2v) is 7.50. The molecule has 0 atom stereocenters. The Kier molecular flexibility index (Phi) is 5.81. The van der Waals surface area contributed by atoms with Gasteiger partial charge in [0.25, 0.3) is 0 Å². The average Bonchev–Trinajstić information content (AvgIpc) is 3.15. The molecule has 0 saturated carbocycles. The SMILES string of the molecule is COc1ccc2c(CC(=O)Nc3cccc(CSc4ccccn4)c3)coc2c1. The van der Waals surface area contributed by atoms with E-state index in [9.17, 15) is 4.79 Å². The van der Waals surface area contributed by atoms with E-state index in [4.69, 9.17) is 9.15 Å². The van der Waals surface area contributed by atoms with Crippen LogP contribution in [0.5, 0.6) is 5.75 Å². The predicted molar refractivity (Wildman–Crippen MR) is 115 cm³/mol. The molecule has 1 N–H and O–H groups in total. The van der Waals surface area contributed by atoms with E-state index in [-0.39, 0.29) is 12.3 Å². The molecule has 0 radical (unpaired) electrons. The molecule has 6 heteroatoms. The molecule has 0 fully saturated rings. The van der Waals surface area contributed by atoms with Gasteiger partial charge in [0.1, 0.15) is 11.3 Å². The number of benzene rings is 2. The normalized spacial score (nSPS) is 10.8. The van der Waals surface area contributed by atoms with Crippen molar-refractivity contribution in [1.29, 1.82) is 0 Å². The third-order valence-electron chi connectivity index (χ3n) is 4.45. The Morgan fingerprint density at radius 2 is 2.07 bits per heavy atom. The third-order valence-corrected chi connectivity index (χ3v) is 5.46. The zero-order valence-corrected chi connectivity index (χ0v) is 16.7. The van der Waals surface area contributed by atoms with Crippen molar-refractivity contribution < 1.29 is 13.9 Å². The summed E-state index contributed by atoms with van der Waals surface area (Å²) in [6.07, 6.45) is 3.66. The molecule has 0 aliphatic rings. The van der Waals surface area contributed by atoms with E-state index >= 15 is 0 Å². The number of fused-ring (bicyclic) bond motifs is 1. The molecule has 2 aromatic heterocycles. The van der Waals surface area contributed by atoms with Crippen molar-refractivity contribution in [2.45, 2.75) is 17.2 Å². The van der Waals surface area contributed by atoms with Gasteiger partial charge in [0.05, 0.1) is 24.8 Å². The van der Waals surface area contributed by atoms with Crippen LogP contribution in [-0.2, 0) is 17.0 Å². The van der Waals surface area contributed by atoms with Crippen molar-refractivity contribution in [2.24, 2.45) is 0 Å². The van der Waals surface area contributed by atoms with Crippen molar-refractivity contribution in [2.75, 3.05) is 12.4 Å². The first-order valence-electron chi connectivity index (χ1n) is 9.18. The summed E-state index contributed by atoms with van der Waals surface area (Å²) in [6, 6.07) is 19.3. The fourth-order valence-corrected chi connectivity index (χ4v) is 3.84. The van der Waals surface area contributed by atoms with Gasteiger partial charge in [0, 0.05) is 34.7 Å². The van der Waals surface area contributed by atoms with E-state index in [1.165, 1.54) is 0 Å². The largest absolute Gasteiger partial charge is 0.497 e. The number of nitrogens with one attached hydrogen (secondary N) is 1. The number of pyridine rings is 1. The van der Waals surface area contributed by atoms with Crippen LogP contribution in [-0.4, -0.2) is 18.0 Å². The van der Waals surface area contributed by atoms with Crippen LogP contribution in [0.4, 0.5) is 5.69 Å². The fourth-order valence-electron chi connectivity index (χ4n) is 3.03. The minimum absolute atomic E-state index is 0.0851. The first-order valence-corrected chi connectivity index (χ1v) is 10.2. The van der Waals surface area contributed by atoms with Gasteiger partial charge in [0.2, 0.25) is 5.91 Å². The number of anilines is 1. The number of methoxy groups -OCH3 is 1. The van der Waals surface area contributed by atoms with Gasteiger partial charge in [-0.2, -0.15) is 0 Å². The maximum absolute atomic E-state index is 12.5. The lowest BCUT2D eigenvalue weighted by Crippen LogP contribution is -2.14. The van der Waals surface area contributed by atoms with Gasteiger partial charge < -0.3 is 14.5 Å². The summed E-state index contributed by atoms with van der Waals surface area (Å²) in [5.41, 5.74) is 3.46. The van der Waals surface area contributed by atoms with Gasteiger partial charge >= 0.3 is 0 Å². The van der Waals surface area contributed by atoms with Crippen LogP contribution in [0.25, 0.3) is 11.0 Å². The van der Waals surface area contributed by atoms with E-state index < -0.39 is 0 Å². The second-order valence-electron chi connectivity index (χ2n) is 6.51. The van der Waals surface area contributed by atoms with Crippen LogP contribution in [0.3, 0.4) is 0 Å². The third kappa shape index (κ3) is 4.78. The molecule has 1 amide bonds. The van der Waals surface area contributed by atoms with E-state index in [1.807, 2.05) is 60.7 Å². The number of carbonyl (C=O) groups is 1. The number of aromatic nitrogens is 1. The monoisotopic (exact) mass is 404 g/mol. The Bertz CT molecular complexity index is 1130. The van der Waals surface area contributed by atoms with Crippen molar-refractivity contribution >= 4 is 34.3 Å². The summed E-state index contributed by atoms with van der Waals surface area (Å²) in [5.74, 6) is 1.43. The van der Waals surface area contributed by atoms with Gasteiger partial charge in [0.15, 0.2) is 0 Å². The van der Waals surface area contributed by atoms with E-state index in [0.717, 1.165) is 38.7 Å². The second kappa shape index (κ2) is 8.84. The number of nitrogens with zero attached hydrogens (tertiary/aromatic N) is 1. The Hall–Kier alpha value is -3.25. The zero-order chi connectivity index (χ0) is 20.1. The lowest BCUT2D eigenvalue weighted by atomic mass is 10.1. The van der Waals surface area contributed by atoms with Gasteiger partial charge in [-0.1, -0.05) is 18.2 Å². The molecule has 0 aliphatic heterocycles. The highest BCUT2D eigenvalue weighted by Crippen LogP contribution is 2.26. The highest BCUT2D eigenvalue weighted by atomic mass is 32.2. The molecule has 0 spiro atoms. The lowest BCUT2D eigenvalue weighted by molar-refractivity contribution is -0.115. The summed E-state index contributed by atoms with van der Waals surface area (Å²) < 4.78 is 10.8. The summed E-state index contributed by atoms with van der Waals surface area (Å²) in [6.45, 7) is 0. The molecule has 0 aliphatic carbocycles. The Morgan fingerprint density at radius 3 is 2.90 bits per heavy atom. The highest BCUT2D eigenvalue weighted by molar-refractivity contribution is 7.98. The van der Waals surface area contributed by atoms with Gasteiger partial charge in [-0.3, -0.25) is 4.79 Å². The first-order chi connectivity index (χ1) is 14.2. The summed E-state index contributed by atoms with van der Waals surface area (Å²) in [7, 11) is 1.61. The summed E-state index contributed by atoms with van der Waals surface area (Å²) in [5, 5.41) is 4.87. The van der Waals surface area contributed by atoms with E-state index in [1.54, 1.807) is 31.3 Å². The quantitative estimate of drug-likeness (QED) is 0.423. The van der Waals surface area contributed by atoms with Crippen molar-refractivity contribution in [1.82, 2.24) is 4.98 Å². The van der Waals surface area contributed by atoms with Gasteiger partial charge in [-0.05, 0) is 42.0 Å². The predicted octanol–water partition coefficient (Wildman–Crippen LogP) is 5.31. The molecule has 5 nitrogen and oxygen atoms in total. The van der Waals surface area contributed by atoms with Gasteiger partial charge in [-0.25, -0.2) is 4.98 Å². The highest BCUT2D eigenvalue weighted by Gasteiger charge is 2.12. The molecule has 4 aromatic rings. The molecular formula is C23H20N2O3S. The number of amides is 1. The maximum Gasteiger partial charge on any atom is 0.228 e. The Balaban J connectivity index is 1.39. The average molecular weight is 404 g/mol. The van der Waals surface area contributed by atoms with Crippen LogP contribution in [0, 0.1) is 0 Å². The number of thioether (sulfide) groups is 1. The van der Waals surface area contributed by atoms with Crippen LogP contribution in [0.1, 0.15) is 11.1 Å². The minimum Gasteiger partial charge on any atom is -0.497 e. The Labute approximate surface area is 173 Å². The van der Waals surface area contributed by atoms with E-state index in [2.05, 4.69) is 10.3 Å². The summed E-state index contributed by atoms with van der Waals surface area (Å²) in [4.78, 5) is 16.9. The topological polar surface area (TPSA) is 64.4 Å². The molecule has 29 heavy (non-hydrogen) atoms. The number of ether oxygens (including phenoxy) is 1. The van der Waals surface area contributed by atoms with Crippen LogP contribution < -0.4 is 10.1 Å². The Morgan fingerprint density at radius 1 is 1.14 bits per heavy atom. The van der Waals surface area contributed by atoms with E-state index in [0.29, 0.717) is 5.58 Å². The zero-order valence-electron chi connectivity index (χ0n) is 15.9. The molecule has 2 aromatic carbocycles. The van der Waals surface area contributed by atoms with Crippen molar-refractivity contribution in [3.05, 3.63) is 84.3 Å². The number of rotatable bonds is 7. The molecule has 4 rings (SSSR count). The number of hydrogen-bond donors (Lipinski definition) is 1. The number of hydrogen-bond acceptors (Lipinski definition) is 5. The number of furan rings is 1. The molecule has 2 heterocycles. The molecular weight excluding hydrogens is 384 g/mol. The lowest BCUT2D eigenvalue weighted by Gasteiger charge is -2.07. The minimum atomic E-state index is -0.0851. The smallest absolute Gasteiger partial charge is 0.228 e. The summed E-state index contributed by atoms with van der Waals surface area (Å²) >= 11 is 1.66. The van der Waals surface area contributed by atoms with Crippen molar-refractivity contribution in [3.63, 3.8) is 0 Å². The van der Waals surface area contributed by atoms with Crippen LogP contribution in [0.15, 0.2) is 82.6 Å². The van der Waals surface area contributed by atoms with Crippen molar-refractivity contribution in [3.8, 4) is 5.75 Å². The molecule has 0 bridgehead atoms. The molecule has 146 valence electrons. The number of carbonyl (C=O) groups excluding carboxylic acids is 1. The van der Waals surface area contributed by atoms with Crippen LogP contribution in [0.2, 0.25) is 0 Å².